The molecule has 0 fully saturated rings. The van der Waals surface area contributed by atoms with Gasteiger partial charge in [0, 0.05) is 17.5 Å². The molecule has 0 aliphatic rings. The summed E-state index contributed by atoms with van der Waals surface area (Å²) in [7, 11) is 0. The summed E-state index contributed by atoms with van der Waals surface area (Å²) in [5.74, 6) is 0.483. The van der Waals surface area contributed by atoms with E-state index in [0.29, 0.717) is 18.6 Å². The van der Waals surface area contributed by atoms with Crippen molar-refractivity contribution in [2.75, 3.05) is 13.2 Å². The van der Waals surface area contributed by atoms with Crippen molar-refractivity contribution in [1.29, 1.82) is 0 Å². The van der Waals surface area contributed by atoms with Crippen LogP contribution in [0.4, 0.5) is 0 Å². The molecule has 0 spiro atoms. The van der Waals surface area contributed by atoms with Gasteiger partial charge in [0.1, 0.15) is 36.9 Å². The Kier molecular flexibility index (Phi) is 9.13. The molecule has 2 aromatic carbocycles. The summed E-state index contributed by atoms with van der Waals surface area (Å²) >= 11 is 0. The number of rotatable bonds is 12. The van der Waals surface area contributed by atoms with E-state index in [4.69, 9.17) is 18.9 Å². The van der Waals surface area contributed by atoms with Crippen LogP contribution in [0, 0.1) is 6.92 Å². The van der Waals surface area contributed by atoms with Gasteiger partial charge in [-0.05, 0) is 48.9 Å². The summed E-state index contributed by atoms with van der Waals surface area (Å²) in [5.41, 5.74) is 0.980. The Balaban J connectivity index is 2.13. The summed E-state index contributed by atoms with van der Waals surface area (Å²) in [5, 5.41) is 1.88. The van der Waals surface area contributed by atoms with E-state index in [1.165, 1.54) is 0 Å². The second kappa shape index (κ2) is 11.8. The van der Waals surface area contributed by atoms with Crippen LogP contribution in [0.2, 0.25) is 0 Å². The first-order valence-corrected chi connectivity index (χ1v) is 10.4. The molecule has 0 aliphatic carbocycles. The molecule has 2 unspecified atom stereocenters. The highest BCUT2D eigenvalue weighted by molar-refractivity contribution is 5.90. The van der Waals surface area contributed by atoms with E-state index in [-0.39, 0.29) is 25.4 Å². The average molecular weight is 427 g/mol. The van der Waals surface area contributed by atoms with E-state index in [1.807, 2.05) is 51.1 Å². The molecular weight excluding hydrogens is 396 g/mol. The molecule has 0 saturated carbocycles. The minimum absolute atomic E-state index is 0.251. The predicted molar refractivity (Wildman–Crippen MR) is 120 cm³/mol. The van der Waals surface area contributed by atoms with Gasteiger partial charge in [-0.2, -0.15) is 0 Å². The number of fused-ring (bicyclic) bond motifs is 1. The molecule has 2 atom stereocenters. The third-order valence-electron chi connectivity index (χ3n) is 4.80. The van der Waals surface area contributed by atoms with Crippen molar-refractivity contribution in [3.05, 3.63) is 61.2 Å². The summed E-state index contributed by atoms with van der Waals surface area (Å²) in [6.07, 6.45) is 2.86. The molecule has 0 aliphatic heterocycles. The summed E-state index contributed by atoms with van der Waals surface area (Å²) < 4.78 is 22.4. The topological polar surface area (TPSA) is 71.1 Å². The van der Waals surface area contributed by atoms with Gasteiger partial charge in [-0.3, -0.25) is 0 Å². The van der Waals surface area contributed by atoms with Crippen LogP contribution in [0.25, 0.3) is 10.8 Å². The molecule has 166 valence electrons. The van der Waals surface area contributed by atoms with Crippen molar-refractivity contribution in [2.24, 2.45) is 0 Å². The van der Waals surface area contributed by atoms with Gasteiger partial charge in [0.05, 0.1) is 0 Å². The van der Waals surface area contributed by atoms with Crippen molar-refractivity contribution in [1.82, 2.24) is 0 Å². The maximum absolute atomic E-state index is 11.5. The van der Waals surface area contributed by atoms with Crippen LogP contribution in [-0.2, 0) is 19.1 Å². The molecule has 2 aromatic rings. The van der Waals surface area contributed by atoms with Crippen molar-refractivity contribution in [3.63, 3.8) is 0 Å². The molecule has 0 N–H and O–H groups in total. The van der Waals surface area contributed by atoms with Gasteiger partial charge in [0.15, 0.2) is 0 Å². The first-order valence-electron chi connectivity index (χ1n) is 10.4. The van der Waals surface area contributed by atoms with Gasteiger partial charge in [0.25, 0.3) is 0 Å². The van der Waals surface area contributed by atoms with Gasteiger partial charge in [-0.15, -0.1) is 0 Å². The molecule has 0 radical (unpaired) electrons. The Morgan fingerprint density at radius 1 is 0.903 bits per heavy atom. The zero-order valence-corrected chi connectivity index (χ0v) is 18.4. The van der Waals surface area contributed by atoms with Crippen LogP contribution in [0.3, 0.4) is 0 Å². The number of ether oxygens (including phenoxy) is 4. The van der Waals surface area contributed by atoms with Crippen molar-refractivity contribution < 1.29 is 28.5 Å². The smallest absolute Gasteiger partial charge is 0.330 e. The molecule has 6 heteroatoms. The third kappa shape index (κ3) is 6.88. The summed E-state index contributed by atoms with van der Waals surface area (Å²) in [6.45, 7) is 13.2. The van der Waals surface area contributed by atoms with E-state index in [9.17, 15) is 9.59 Å². The predicted octanol–water partition coefficient (Wildman–Crippen LogP) is 4.92. The molecule has 0 bridgehead atoms. The first-order chi connectivity index (χ1) is 14.9. The van der Waals surface area contributed by atoms with Crippen LogP contribution < -0.4 is 9.47 Å². The lowest BCUT2D eigenvalue weighted by atomic mass is 10.1. The maximum Gasteiger partial charge on any atom is 0.330 e. The van der Waals surface area contributed by atoms with Gasteiger partial charge in [-0.1, -0.05) is 39.1 Å². The number of benzene rings is 2. The third-order valence-corrected chi connectivity index (χ3v) is 4.80. The molecule has 0 heterocycles. The lowest BCUT2D eigenvalue weighted by Gasteiger charge is -2.19. The van der Waals surface area contributed by atoms with Gasteiger partial charge >= 0.3 is 11.9 Å². The lowest BCUT2D eigenvalue weighted by Crippen LogP contribution is -2.23. The number of aryl methyl sites for hydroxylation is 1. The number of esters is 2. The van der Waals surface area contributed by atoms with Crippen LogP contribution in [-0.4, -0.2) is 37.4 Å². The highest BCUT2D eigenvalue weighted by Crippen LogP contribution is 2.32. The minimum atomic E-state index is -0.463. The molecule has 31 heavy (non-hydrogen) atoms. The van der Waals surface area contributed by atoms with Gasteiger partial charge in [-0.25, -0.2) is 9.59 Å². The molecule has 6 nitrogen and oxygen atoms in total. The zero-order valence-electron chi connectivity index (χ0n) is 18.4. The average Bonchev–Trinajstić information content (AvgIpc) is 2.79. The Labute approximate surface area is 183 Å². The van der Waals surface area contributed by atoms with E-state index < -0.39 is 11.9 Å². The first kappa shape index (κ1) is 24.0. The Morgan fingerprint density at radius 3 is 2.03 bits per heavy atom. The molecule has 2 rings (SSSR count). The van der Waals surface area contributed by atoms with E-state index >= 15 is 0 Å². The molecule has 0 amide bonds. The van der Waals surface area contributed by atoms with Crippen LogP contribution in [0.15, 0.2) is 55.6 Å². The number of hydrogen-bond donors (Lipinski definition) is 0. The van der Waals surface area contributed by atoms with Crippen molar-refractivity contribution in [2.45, 2.75) is 45.8 Å². The van der Waals surface area contributed by atoms with Crippen LogP contribution in [0.5, 0.6) is 11.5 Å². The highest BCUT2D eigenvalue weighted by atomic mass is 16.6. The fraction of sp³-hybridized carbons (Fsp3) is 0.360. The Bertz CT molecular complexity index is 933. The van der Waals surface area contributed by atoms with Crippen molar-refractivity contribution >= 4 is 22.7 Å². The van der Waals surface area contributed by atoms with E-state index in [0.717, 1.165) is 34.2 Å². The number of carbonyl (C=O) groups is 2. The quantitative estimate of drug-likeness (QED) is 0.354. The monoisotopic (exact) mass is 426 g/mol. The van der Waals surface area contributed by atoms with Crippen LogP contribution >= 0.6 is 0 Å². The van der Waals surface area contributed by atoms with Gasteiger partial charge < -0.3 is 18.9 Å². The standard InChI is InChI=1S/C25H30O6/c1-6-19(30-23(26)8-3)15-28-21-12-13-22-18(14-21)11-10-17(5)25(22)29-16-20(7-2)31-24(27)9-4/h8-14,19-20H,3-4,6-7,15-16H2,1-2,5H3. The molecule has 0 aromatic heterocycles. The minimum Gasteiger partial charge on any atom is -0.490 e. The van der Waals surface area contributed by atoms with E-state index in [2.05, 4.69) is 13.2 Å². The summed E-state index contributed by atoms with van der Waals surface area (Å²) in [6, 6.07) is 9.66. The second-order valence-electron chi connectivity index (χ2n) is 7.06. The fourth-order valence-corrected chi connectivity index (χ4v) is 2.93. The van der Waals surface area contributed by atoms with E-state index in [1.54, 1.807) is 0 Å². The van der Waals surface area contributed by atoms with Crippen molar-refractivity contribution in [3.8, 4) is 11.5 Å². The SMILES string of the molecule is C=CC(=O)OC(CC)COc1ccc2c(OCC(CC)OC(=O)C=C)c(C)ccc2c1. The molecule has 0 saturated heterocycles. The normalized spacial score (nSPS) is 12.5. The lowest BCUT2D eigenvalue weighted by molar-refractivity contribution is -0.145. The van der Waals surface area contributed by atoms with Crippen LogP contribution in [0.1, 0.15) is 32.3 Å². The zero-order chi connectivity index (χ0) is 22.8. The maximum atomic E-state index is 11.5. The number of carbonyl (C=O) groups excluding carboxylic acids is 2. The highest BCUT2D eigenvalue weighted by Gasteiger charge is 2.15. The molecular formula is C25H30O6. The largest absolute Gasteiger partial charge is 0.490 e. The second-order valence-corrected chi connectivity index (χ2v) is 7.06. The number of hydrogen-bond acceptors (Lipinski definition) is 6. The summed E-state index contributed by atoms with van der Waals surface area (Å²) in [4.78, 5) is 22.9. The van der Waals surface area contributed by atoms with Gasteiger partial charge in [0.2, 0.25) is 0 Å². The Hall–Kier alpha value is -3.28. The Morgan fingerprint density at radius 2 is 1.48 bits per heavy atom. The fourth-order valence-electron chi connectivity index (χ4n) is 2.93.